The van der Waals surface area contributed by atoms with Crippen molar-refractivity contribution in [1.29, 1.82) is 0 Å². The molecule has 0 bridgehead atoms. The summed E-state index contributed by atoms with van der Waals surface area (Å²) in [6.45, 7) is -0.338. The van der Waals surface area contributed by atoms with Gasteiger partial charge >= 0.3 is 0 Å². The quantitative estimate of drug-likeness (QED) is 0.759. The van der Waals surface area contributed by atoms with E-state index >= 15 is 0 Å². The molecular weight excluding hydrogens is 358 g/mol. The van der Waals surface area contributed by atoms with Crippen molar-refractivity contribution in [2.75, 3.05) is 0 Å². The SMILES string of the molecule is OCc1cccc(F)c1Oc1cc(Cl)c(Br)cc1Cl. The zero-order valence-electron chi connectivity index (χ0n) is 9.46. The number of aliphatic hydroxyl groups is 1. The first-order valence-electron chi connectivity index (χ1n) is 5.23. The van der Waals surface area contributed by atoms with Crippen LogP contribution in [0.2, 0.25) is 10.0 Å². The lowest BCUT2D eigenvalue weighted by atomic mass is 10.2. The van der Waals surface area contributed by atoms with Gasteiger partial charge in [0.15, 0.2) is 11.6 Å². The smallest absolute Gasteiger partial charge is 0.168 e. The van der Waals surface area contributed by atoms with Gasteiger partial charge in [-0.15, -0.1) is 0 Å². The lowest BCUT2D eigenvalue weighted by Crippen LogP contribution is -1.95. The normalized spacial score (nSPS) is 10.6. The summed E-state index contributed by atoms with van der Waals surface area (Å²) in [4.78, 5) is 0. The first-order valence-corrected chi connectivity index (χ1v) is 6.78. The van der Waals surface area contributed by atoms with E-state index in [2.05, 4.69) is 15.9 Å². The molecule has 100 valence electrons. The fourth-order valence-corrected chi connectivity index (χ4v) is 2.32. The molecule has 0 aliphatic heterocycles. The van der Waals surface area contributed by atoms with Crippen molar-refractivity contribution in [1.82, 2.24) is 0 Å². The maximum absolute atomic E-state index is 13.7. The van der Waals surface area contributed by atoms with Crippen molar-refractivity contribution < 1.29 is 14.2 Å². The van der Waals surface area contributed by atoms with Gasteiger partial charge in [0.2, 0.25) is 0 Å². The van der Waals surface area contributed by atoms with Crippen LogP contribution in [0.15, 0.2) is 34.8 Å². The highest BCUT2D eigenvalue weighted by Gasteiger charge is 2.14. The molecule has 0 atom stereocenters. The lowest BCUT2D eigenvalue weighted by Gasteiger charge is -2.12. The van der Waals surface area contributed by atoms with E-state index in [1.807, 2.05) is 0 Å². The van der Waals surface area contributed by atoms with Crippen LogP contribution in [0, 0.1) is 5.82 Å². The second-order valence-electron chi connectivity index (χ2n) is 3.68. The van der Waals surface area contributed by atoms with Gasteiger partial charge < -0.3 is 9.84 Å². The molecule has 0 radical (unpaired) electrons. The molecule has 2 rings (SSSR count). The summed E-state index contributed by atoms with van der Waals surface area (Å²) in [5, 5.41) is 9.85. The first-order chi connectivity index (χ1) is 9.02. The molecule has 2 aromatic rings. The summed E-state index contributed by atoms with van der Waals surface area (Å²) in [7, 11) is 0. The standard InChI is InChI=1S/C13H8BrCl2FO2/c14-8-4-10(16)12(5-9(8)15)19-13-7(6-18)2-1-3-11(13)17/h1-5,18H,6H2. The highest BCUT2D eigenvalue weighted by Crippen LogP contribution is 2.38. The minimum Gasteiger partial charge on any atom is -0.452 e. The Hall–Kier alpha value is -0.810. The number of para-hydroxylation sites is 1. The third-order valence-corrected chi connectivity index (χ3v) is 3.90. The Balaban J connectivity index is 2.44. The Morgan fingerprint density at radius 3 is 2.63 bits per heavy atom. The predicted octanol–water partition coefficient (Wildman–Crippen LogP) is 5.18. The molecule has 0 spiro atoms. The fourth-order valence-electron chi connectivity index (χ4n) is 1.48. The van der Waals surface area contributed by atoms with Crippen LogP contribution in [0.3, 0.4) is 0 Å². The Morgan fingerprint density at radius 1 is 1.21 bits per heavy atom. The van der Waals surface area contributed by atoms with Crippen LogP contribution in [0.5, 0.6) is 11.5 Å². The van der Waals surface area contributed by atoms with Gasteiger partial charge in [0, 0.05) is 16.1 Å². The van der Waals surface area contributed by atoms with Crippen molar-refractivity contribution in [3.8, 4) is 11.5 Å². The highest BCUT2D eigenvalue weighted by atomic mass is 79.9. The van der Waals surface area contributed by atoms with Gasteiger partial charge in [-0.3, -0.25) is 0 Å². The van der Waals surface area contributed by atoms with Crippen LogP contribution in [-0.2, 0) is 6.61 Å². The third kappa shape index (κ3) is 3.20. The second kappa shape index (κ2) is 6.09. The minimum absolute atomic E-state index is 0.0645. The van der Waals surface area contributed by atoms with Crippen molar-refractivity contribution >= 4 is 39.1 Å². The maximum atomic E-state index is 13.7. The first kappa shape index (κ1) is 14.6. The van der Waals surface area contributed by atoms with Crippen LogP contribution in [-0.4, -0.2) is 5.11 Å². The van der Waals surface area contributed by atoms with E-state index in [0.717, 1.165) is 0 Å². The zero-order valence-corrected chi connectivity index (χ0v) is 12.6. The number of hydrogen-bond donors (Lipinski definition) is 1. The highest BCUT2D eigenvalue weighted by molar-refractivity contribution is 9.10. The second-order valence-corrected chi connectivity index (χ2v) is 5.35. The molecule has 0 aromatic heterocycles. The molecule has 2 nitrogen and oxygen atoms in total. The zero-order chi connectivity index (χ0) is 14.0. The summed E-state index contributed by atoms with van der Waals surface area (Å²) >= 11 is 15.2. The number of halogens is 4. The lowest BCUT2D eigenvalue weighted by molar-refractivity contribution is 0.274. The Bertz CT molecular complexity index is 620. The molecule has 6 heteroatoms. The van der Waals surface area contributed by atoms with E-state index in [1.165, 1.54) is 18.2 Å². The van der Waals surface area contributed by atoms with Gasteiger partial charge in [-0.2, -0.15) is 0 Å². The minimum atomic E-state index is -0.582. The fraction of sp³-hybridized carbons (Fsp3) is 0.0769. The number of aliphatic hydroxyl groups excluding tert-OH is 1. The monoisotopic (exact) mass is 364 g/mol. The van der Waals surface area contributed by atoms with E-state index in [-0.39, 0.29) is 23.1 Å². The molecule has 19 heavy (non-hydrogen) atoms. The molecule has 2 aromatic carbocycles. The van der Waals surface area contributed by atoms with E-state index in [1.54, 1.807) is 12.1 Å². The van der Waals surface area contributed by atoms with E-state index < -0.39 is 5.82 Å². The molecule has 0 heterocycles. The summed E-state index contributed by atoms with van der Waals surface area (Å²) in [6, 6.07) is 7.32. The maximum Gasteiger partial charge on any atom is 0.168 e. The summed E-state index contributed by atoms with van der Waals surface area (Å²) in [6.07, 6.45) is 0. The Labute approximate surface area is 127 Å². The molecule has 0 saturated heterocycles. The average Bonchev–Trinajstić information content (AvgIpc) is 2.38. The topological polar surface area (TPSA) is 29.5 Å². The molecule has 0 saturated carbocycles. The van der Waals surface area contributed by atoms with Gasteiger partial charge in [-0.1, -0.05) is 35.3 Å². The van der Waals surface area contributed by atoms with Gasteiger partial charge in [0.1, 0.15) is 5.75 Å². The van der Waals surface area contributed by atoms with E-state index in [0.29, 0.717) is 15.1 Å². The van der Waals surface area contributed by atoms with Gasteiger partial charge in [-0.25, -0.2) is 4.39 Å². The van der Waals surface area contributed by atoms with Gasteiger partial charge in [0.25, 0.3) is 0 Å². The molecular formula is C13H8BrCl2FO2. The van der Waals surface area contributed by atoms with Crippen molar-refractivity contribution in [2.24, 2.45) is 0 Å². The summed E-state index contributed by atoms with van der Waals surface area (Å²) in [5.74, 6) is -0.429. The predicted molar refractivity (Wildman–Crippen MR) is 76.6 cm³/mol. The summed E-state index contributed by atoms with van der Waals surface area (Å²) < 4.78 is 19.8. The molecule has 0 aliphatic carbocycles. The van der Waals surface area contributed by atoms with Crippen LogP contribution in [0.25, 0.3) is 0 Å². The van der Waals surface area contributed by atoms with Crippen LogP contribution < -0.4 is 4.74 Å². The average molecular weight is 366 g/mol. The van der Waals surface area contributed by atoms with Gasteiger partial charge in [-0.05, 0) is 28.1 Å². The molecule has 0 amide bonds. The van der Waals surface area contributed by atoms with Crippen LogP contribution in [0.1, 0.15) is 5.56 Å². The largest absolute Gasteiger partial charge is 0.452 e. The van der Waals surface area contributed by atoms with Gasteiger partial charge in [0.05, 0.1) is 16.7 Å². The Kier molecular flexibility index (Phi) is 4.68. The van der Waals surface area contributed by atoms with E-state index in [9.17, 15) is 9.50 Å². The molecule has 0 fully saturated rings. The third-order valence-electron chi connectivity index (χ3n) is 2.41. The molecule has 1 N–H and O–H groups in total. The van der Waals surface area contributed by atoms with Crippen LogP contribution in [0.4, 0.5) is 4.39 Å². The summed E-state index contributed by atoms with van der Waals surface area (Å²) in [5.41, 5.74) is 0.329. The van der Waals surface area contributed by atoms with E-state index in [4.69, 9.17) is 27.9 Å². The molecule has 0 unspecified atom stereocenters. The van der Waals surface area contributed by atoms with Crippen molar-refractivity contribution in [2.45, 2.75) is 6.61 Å². The number of ether oxygens (including phenoxy) is 1. The van der Waals surface area contributed by atoms with Crippen molar-refractivity contribution in [3.63, 3.8) is 0 Å². The van der Waals surface area contributed by atoms with Crippen molar-refractivity contribution in [3.05, 3.63) is 56.2 Å². The van der Waals surface area contributed by atoms with Crippen LogP contribution >= 0.6 is 39.1 Å². The molecule has 0 aliphatic rings. The number of rotatable bonds is 3. The number of benzene rings is 2. The number of hydrogen-bond acceptors (Lipinski definition) is 2. The Morgan fingerprint density at radius 2 is 1.95 bits per heavy atom.